The van der Waals surface area contributed by atoms with Crippen molar-refractivity contribution in [1.29, 1.82) is 0 Å². The molecule has 0 saturated carbocycles. The highest BCUT2D eigenvalue weighted by Gasteiger charge is 2.14. The van der Waals surface area contributed by atoms with Gasteiger partial charge in [-0.05, 0) is 38.0 Å². The molecule has 7 heteroatoms. The minimum absolute atomic E-state index is 0.116. The van der Waals surface area contributed by atoms with Crippen LogP contribution < -0.4 is 10.2 Å². The van der Waals surface area contributed by atoms with Gasteiger partial charge in [0.15, 0.2) is 0 Å². The van der Waals surface area contributed by atoms with E-state index in [0.717, 1.165) is 42.1 Å². The average molecular weight is 376 g/mol. The molecule has 0 aliphatic carbocycles. The van der Waals surface area contributed by atoms with E-state index in [9.17, 15) is 4.79 Å². The van der Waals surface area contributed by atoms with Crippen LogP contribution in [0, 0.1) is 0 Å². The predicted molar refractivity (Wildman–Crippen MR) is 108 cm³/mol. The molecule has 3 aromatic rings. The van der Waals surface area contributed by atoms with Crippen molar-refractivity contribution in [2.45, 2.75) is 32.9 Å². The van der Waals surface area contributed by atoms with Gasteiger partial charge in [0.2, 0.25) is 0 Å². The first kappa shape index (κ1) is 18.2. The number of carbonyl (C=O) groups is 1. The number of aromatic nitrogens is 4. The maximum absolute atomic E-state index is 12.6. The molecule has 1 N–H and O–H groups in total. The highest BCUT2D eigenvalue weighted by Crippen LogP contribution is 2.24. The lowest BCUT2D eigenvalue weighted by Gasteiger charge is -2.17. The van der Waals surface area contributed by atoms with Crippen LogP contribution in [0.3, 0.4) is 0 Å². The van der Waals surface area contributed by atoms with Crippen molar-refractivity contribution in [2.24, 2.45) is 0 Å². The standard InChI is InChI=1S/C21H24N6O/c1-2-27-15-16(13-24-27)12-22-21(28)18-7-5-6-17(10-18)20-11-19(14-23-25-20)26-8-3-4-9-26/h5-7,10-11,13-15H,2-4,8-9,12H2,1H3,(H,22,28). The summed E-state index contributed by atoms with van der Waals surface area (Å²) in [6.07, 6.45) is 7.95. The lowest BCUT2D eigenvalue weighted by molar-refractivity contribution is 0.0951. The Morgan fingerprint density at radius 2 is 2.04 bits per heavy atom. The van der Waals surface area contributed by atoms with Gasteiger partial charge in [-0.15, -0.1) is 0 Å². The Kier molecular flexibility index (Phi) is 5.32. The van der Waals surface area contributed by atoms with Crippen LogP contribution in [0.2, 0.25) is 0 Å². The lowest BCUT2D eigenvalue weighted by Crippen LogP contribution is -2.22. The molecule has 28 heavy (non-hydrogen) atoms. The van der Waals surface area contributed by atoms with E-state index in [0.29, 0.717) is 12.1 Å². The molecule has 144 valence electrons. The number of rotatable bonds is 6. The van der Waals surface area contributed by atoms with E-state index >= 15 is 0 Å². The Bertz CT molecular complexity index is 961. The van der Waals surface area contributed by atoms with Gasteiger partial charge in [0, 0.05) is 49.1 Å². The van der Waals surface area contributed by atoms with E-state index in [1.807, 2.05) is 48.3 Å². The quantitative estimate of drug-likeness (QED) is 0.716. The van der Waals surface area contributed by atoms with Gasteiger partial charge < -0.3 is 10.2 Å². The summed E-state index contributed by atoms with van der Waals surface area (Å²) in [7, 11) is 0. The molecular weight excluding hydrogens is 352 g/mol. The smallest absolute Gasteiger partial charge is 0.251 e. The zero-order valence-electron chi connectivity index (χ0n) is 16.0. The van der Waals surface area contributed by atoms with Crippen LogP contribution in [0.1, 0.15) is 35.7 Å². The second kappa shape index (κ2) is 8.21. The minimum atomic E-state index is -0.116. The Labute approximate surface area is 164 Å². The number of nitrogens with one attached hydrogen (secondary N) is 1. The summed E-state index contributed by atoms with van der Waals surface area (Å²) < 4.78 is 1.84. The molecule has 0 atom stereocenters. The molecule has 2 aromatic heterocycles. The van der Waals surface area contributed by atoms with Gasteiger partial charge in [-0.1, -0.05) is 12.1 Å². The number of nitrogens with zero attached hydrogens (tertiary/aromatic N) is 5. The van der Waals surface area contributed by atoms with Gasteiger partial charge in [-0.3, -0.25) is 9.48 Å². The fourth-order valence-electron chi connectivity index (χ4n) is 3.42. The number of amides is 1. The lowest BCUT2D eigenvalue weighted by atomic mass is 10.1. The molecule has 1 saturated heterocycles. The number of hydrogen-bond donors (Lipinski definition) is 1. The number of aryl methyl sites for hydroxylation is 1. The van der Waals surface area contributed by atoms with Gasteiger partial charge >= 0.3 is 0 Å². The third-order valence-corrected chi connectivity index (χ3v) is 5.00. The topological polar surface area (TPSA) is 75.9 Å². The number of hydrogen-bond acceptors (Lipinski definition) is 5. The number of benzene rings is 1. The van der Waals surface area contributed by atoms with Crippen LogP contribution in [-0.4, -0.2) is 39.0 Å². The molecule has 1 aliphatic heterocycles. The first-order chi connectivity index (χ1) is 13.7. The molecule has 7 nitrogen and oxygen atoms in total. The van der Waals surface area contributed by atoms with Crippen molar-refractivity contribution in [1.82, 2.24) is 25.3 Å². The second-order valence-electron chi connectivity index (χ2n) is 6.96. The Balaban J connectivity index is 1.48. The third kappa shape index (κ3) is 4.03. The Hall–Kier alpha value is -3.22. The van der Waals surface area contributed by atoms with Crippen LogP contribution in [0.15, 0.2) is 48.9 Å². The summed E-state index contributed by atoms with van der Waals surface area (Å²) in [6, 6.07) is 9.56. The highest BCUT2D eigenvalue weighted by molar-refractivity contribution is 5.95. The molecule has 0 spiro atoms. The summed E-state index contributed by atoms with van der Waals surface area (Å²) in [5.41, 5.74) is 4.35. The normalized spacial score (nSPS) is 13.7. The predicted octanol–water partition coefficient (Wildman–Crippen LogP) is 2.89. The molecule has 4 rings (SSSR count). The Morgan fingerprint density at radius 3 is 2.82 bits per heavy atom. The number of carbonyl (C=O) groups excluding carboxylic acids is 1. The third-order valence-electron chi connectivity index (χ3n) is 5.00. The number of anilines is 1. The second-order valence-corrected chi connectivity index (χ2v) is 6.96. The minimum Gasteiger partial charge on any atom is -0.370 e. The molecule has 1 aromatic carbocycles. The van der Waals surface area contributed by atoms with E-state index in [1.165, 1.54) is 12.8 Å². The van der Waals surface area contributed by atoms with Crippen molar-refractivity contribution >= 4 is 11.6 Å². The van der Waals surface area contributed by atoms with Gasteiger partial charge in [0.1, 0.15) is 0 Å². The van der Waals surface area contributed by atoms with Crippen molar-refractivity contribution in [2.75, 3.05) is 18.0 Å². The summed E-state index contributed by atoms with van der Waals surface area (Å²) in [5.74, 6) is -0.116. The molecule has 0 radical (unpaired) electrons. The van der Waals surface area contributed by atoms with Crippen LogP contribution in [0.4, 0.5) is 5.69 Å². The molecule has 1 fully saturated rings. The SMILES string of the molecule is CCn1cc(CNC(=O)c2cccc(-c3cc(N4CCCC4)cnn3)c2)cn1. The zero-order valence-corrected chi connectivity index (χ0v) is 16.0. The maximum atomic E-state index is 12.6. The van der Waals surface area contributed by atoms with Gasteiger partial charge in [0.05, 0.1) is 23.8 Å². The van der Waals surface area contributed by atoms with E-state index < -0.39 is 0 Å². The summed E-state index contributed by atoms with van der Waals surface area (Å²) in [5, 5.41) is 15.6. The monoisotopic (exact) mass is 376 g/mol. The van der Waals surface area contributed by atoms with Crippen molar-refractivity contribution in [3.8, 4) is 11.3 Å². The molecule has 3 heterocycles. The zero-order chi connectivity index (χ0) is 19.3. The first-order valence-electron chi connectivity index (χ1n) is 9.70. The van der Waals surface area contributed by atoms with Gasteiger partial charge in [-0.2, -0.15) is 15.3 Å². The van der Waals surface area contributed by atoms with E-state index in [-0.39, 0.29) is 5.91 Å². The van der Waals surface area contributed by atoms with E-state index in [4.69, 9.17) is 0 Å². The van der Waals surface area contributed by atoms with Crippen molar-refractivity contribution in [3.05, 3.63) is 60.0 Å². The van der Waals surface area contributed by atoms with Crippen molar-refractivity contribution in [3.63, 3.8) is 0 Å². The average Bonchev–Trinajstić information content (AvgIpc) is 3.44. The summed E-state index contributed by atoms with van der Waals surface area (Å²) in [6.45, 7) is 5.41. The fraction of sp³-hybridized carbons (Fsp3) is 0.333. The molecule has 0 unspecified atom stereocenters. The molecule has 1 amide bonds. The van der Waals surface area contributed by atoms with Gasteiger partial charge in [0.25, 0.3) is 5.91 Å². The Morgan fingerprint density at radius 1 is 1.18 bits per heavy atom. The maximum Gasteiger partial charge on any atom is 0.251 e. The van der Waals surface area contributed by atoms with Crippen LogP contribution in [0.5, 0.6) is 0 Å². The van der Waals surface area contributed by atoms with Crippen LogP contribution in [0.25, 0.3) is 11.3 Å². The summed E-state index contributed by atoms with van der Waals surface area (Å²) in [4.78, 5) is 14.9. The largest absolute Gasteiger partial charge is 0.370 e. The summed E-state index contributed by atoms with van der Waals surface area (Å²) >= 11 is 0. The van der Waals surface area contributed by atoms with E-state index in [2.05, 4.69) is 31.6 Å². The molecule has 0 bridgehead atoms. The molecule has 1 aliphatic rings. The van der Waals surface area contributed by atoms with Crippen LogP contribution in [-0.2, 0) is 13.1 Å². The van der Waals surface area contributed by atoms with Gasteiger partial charge in [-0.25, -0.2) is 0 Å². The first-order valence-corrected chi connectivity index (χ1v) is 9.70. The van der Waals surface area contributed by atoms with E-state index in [1.54, 1.807) is 6.20 Å². The van der Waals surface area contributed by atoms with Crippen LogP contribution >= 0.6 is 0 Å². The molecular formula is C21H24N6O. The fourth-order valence-corrected chi connectivity index (χ4v) is 3.42. The highest BCUT2D eigenvalue weighted by atomic mass is 16.1. The van der Waals surface area contributed by atoms with Crippen molar-refractivity contribution < 1.29 is 4.79 Å².